The number of hydrogen-bond donors (Lipinski definition) is 0. The van der Waals surface area contributed by atoms with E-state index in [-0.39, 0.29) is 6.42 Å². The Morgan fingerprint density at radius 1 is 1.10 bits per heavy atom. The minimum absolute atomic E-state index is 0.132. The third-order valence-electron chi connectivity index (χ3n) is 2.36. The fraction of sp³-hybridized carbons (Fsp3) is 0.500. The van der Waals surface area contributed by atoms with Gasteiger partial charge in [0.05, 0.1) is 20.8 Å². The molecular weight excluding hydrogens is 264 g/mol. The quantitative estimate of drug-likeness (QED) is 0.231. The Balaban J connectivity index is 4.62. The van der Waals surface area contributed by atoms with Gasteiger partial charge in [-0.15, -0.1) is 0 Å². The molecule has 0 rings (SSSR count). The monoisotopic (exact) mass is 284 g/mol. The standard InChI is InChI=1S/C14H20O6/c1-5-20-12(15)9-10(2)7-6-8-11(13(16)18-3)14(17)19-4/h6-7,9,11H,5,8H2,1-4H3/b7-6-,10-9+. The molecule has 6 nitrogen and oxygen atoms in total. The third-order valence-corrected chi connectivity index (χ3v) is 2.36. The molecule has 0 saturated carbocycles. The van der Waals surface area contributed by atoms with Crippen LogP contribution >= 0.6 is 0 Å². The predicted molar refractivity (Wildman–Crippen MR) is 71.7 cm³/mol. The highest BCUT2D eigenvalue weighted by Crippen LogP contribution is 2.10. The molecule has 6 heteroatoms. The molecule has 0 amide bonds. The van der Waals surface area contributed by atoms with Crippen molar-refractivity contribution in [1.82, 2.24) is 0 Å². The fourth-order valence-electron chi connectivity index (χ4n) is 1.38. The van der Waals surface area contributed by atoms with E-state index in [1.54, 1.807) is 26.0 Å². The Morgan fingerprint density at radius 3 is 2.10 bits per heavy atom. The van der Waals surface area contributed by atoms with Gasteiger partial charge in [0.15, 0.2) is 5.92 Å². The van der Waals surface area contributed by atoms with E-state index in [9.17, 15) is 14.4 Å². The zero-order chi connectivity index (χ0) is 15.5. The summed E-state index contributed by atoms with van der Waals surface area (Å²) in [5, 5.41) is 0. The second-order valence-corrected chi connectivity index (χ2v) is 3.88. The molecule has 0 aliphatic heterocycles. The molecule has 0 bridgehead atoms. The van der Waals surface area contributed by atoms with Crippen LogP contribution in [-0.2, 0) is 28.6 Å². The van der Waals surface area contributed by atoms with Crippen molar-refractivity contribution in [3.63, 3.8) is 0 Å². The van der Waals surface area contributed by atoms with Crippen molar-refractivity contribution in [1.29, 1.82) is 0 Å². The lowest BCUT2D eigenvalue weighted by Gasteiger charge is -2.09. The lowest BCUT2D eigenvalue weighted by Crippen LogP contribution is -2.25. The number of allylic oxidation sites excluding steroid dienone is 3. The van der Waals surface area contributed by atoms with Gasteiger partial charge in [0.25, 0.3) is 0 Å². The van der Waals surface area contributed by atoms with Crippen molar-refractivity contribution in [3.05, 3.63) is 23.8 Å². The van der Waals surface area contributed by atoms with Crippen molar-refractivity contribution >= 4 is 17.9 Å². The van der Waals surface area contributed by atoms with Crippen LogP contribution in [0, 0.1) is 5.92 Å². The highest BCUT2D eigenvalue weighted by atomic mass is 16.5. The predicted octanol–water partition coefficient (Wildman–Crippen LogP) is 1.40. The van der Waals surface area contributed by atoms with E-state index >= 15 is 0 Å². The molecular formula is C14H20O6. The first-order chi connectivity index (χ1) is 9.46. The number of rotatable bonds is 7. The van der Waals surface area contributed by atoms with Crippen LogP contribution in [0.2, 0.25) is 0 Å². The molecule has 0 aliphatic carbocycles. The van der Waals surface area contributed by atoms with E-state index in [2.05, 4.69) is 9.47 Å². The van der Waals surface area contributed by atoms with Gasteiger partial charge >= 0.3 is 17.9 Å². The topological polar surface area (TPSA) is 78.9 Å². The molecule has 0 heterocycles. The lowest BCUT2D eigenvalue weighted by molar-refractivity contribution is -0.158. The second-order valence-electron chi connectivity index (χ2n) is 3.88. The average molecular weight is 284 g/mol. The molecule has 0 unspecified atom stereocenters. The van der Waals surface area contributed by atoms with Crippen LogP contribution < -0.4 is 0 Å². The molecule has 0 radical (unpaired) electrons. The smallest absolute Gasteiger partial charge is 0.330 e. The van der Waals surface area contributed by atoms with E-state index in [1.807, 2.05) is 0 Å². The van der Waals surface area contributed by atoms with E-state index in [1.165, 1.54) is 20.3 Å². The summed E-state index contributed by atoms with van der Waals surface area (Å²) in [7, 11) is 2.40. The minimum atomic E-state index is -1.00. The zero-order valence-electron chi connectivity index (χ0n) is 12.2. The van der Waals surface area contributed by atoms with Crippen molar-refractivity contribution in [3.8, 4) is 0 Å². The van der Waals surface area contributed by atoms with Crippen molar-refractivity contribution in [2.45, 2.75) is 20.3 Å². The SMILES string of the molecule is CCOC(=O)/C=C(C)/C=C\CC(C(=O)OC)C(=O)OC. The molecule has 0 aromatic rings. The van der Waals surface area contributed by atoms with Gasteiger partial charge in [0, 0.05) is 6.08 Å². The summed E-state index contributed by atoms with van der Waals surface area (Å²) in [6, 6.07) is 0. The number of carbonyl (C=O) groups excluding carboxylic acids is 3. The summed E-state index contributed by atoms with van der Waals surface area (Å²) >= 11 is 0. The van der Waals surface area contributed by atoms with Gasteiger partial charge in [-0.3, -0.25) is 9.59 Å². The summed E-state index contributed by atoms with van der Waals surface area (Å²) < 4.78 is 13.8. The number of esters is 3. The van der Waals surface area contributed by atoms with Gasteiger partial charge in [-0.2, -0.15) is 0 Å². The Bertz CT molecular complexity index is 392. The van der Waals surface area contributed by atoms with Gasteiger partial charge < -0.3 is 14.2 Å². The lowest BCUT2D eigenvalue weighted by atomic mass is 10.1. The van der Waals surface area contributed by atoms with Crippen molar-refractivity contribution in [2.24, 2.45) is 5.92 Å². The van der Waals surface area contributed by atoms with Crippen LogP contribution in [0.5, 0.6) is 0 Å². The molecule has 20 heavy (non-hydrogen) atoms. The van der Waals surface area contributed by atoms with Gasteiger partial charge in [0.1, 0.15) is 0 Å². The van der Waals surface area contributed by atoms with Gasteiger partial charge in [0.2, 0.25) is 0 Å². The van der Waals surface area contributed by atoms with E-state index in [4.69, 9.17) is 4.74 Å². The maximum Gasteiger partial charge on any atom is 0.330 e. The number of ether oxygens (including phenoxy) is 3. The maximum absolute atomic E-state index is 11.4. The molecule has 0 fully saturated rings. The summed E-state index contributed by atoms with van der Waals surface area (Å²) in [5.41, 5.74) is 0.650. The Hall–Kier alpha value is -2.11. The van der Waals surface area contributed by atoms with E-state index in [0.717, 1.165) is 0 Å². The average Bonchev–Trinajstić information content (AvgIpc) is 2.42. The van der Waals surface area contributed by atoms with Crippen LogP contribution in [0.1, 0.15) is 20.3 Å². The number of carbonyl (C=O) groups is 3. The maximum atomic E-state index is 11.4. The molecule has 0 atom stereocenters. The Kier molecular flexibility index (Phi) is 8.74. The Morgan fingerprint density at radius 2 is 1.65 bits per heavy atom. The molecule has 0 saturated heterocycles. The highest BCUT2D eigenvalue weighted by Gasteiger charge is 2.26. The van der Waals surface area contributed by atoms with E-state index in [0.29, 0.717) is 12.2 Å². The molecule has 0 aliphatic rings. The zero-order valence-corrected chi connectivity index (χ0v) is 12.2. The summed E-state index contributed by atoms with van der Waals surface area (Å²) in [6.45, 7) is 3.73. The molecule has 112 valence electrons. The molecule has 0 aromatic carbocycles. The second kappa shape index (κ2) is 9.77. The van der Waals surface area contributed by atoms with Crippen LogP contribution in [-0.4, -0.2) is 38.7 Å². The van der Waals surface area contributed by atoms with Crippen LogP contribution in [0.15, 0.2) is 23.8 Å². The first-order valence-electron chi connectivity index (χ1n) is 6.13. The number of hydrogen-bond acceptors (Lipinski definition) is 6. The first kappa shape index (κ1) is 17.9. The van der Waals surface area contributed by atoms with E-state index < -0.39 is 23.8 Å². The summed E-state index contributed by atoms with van der Waals surface area (Å²) in [4.78, 5) is 34.0. The van der Waals surface area contributed by atoms with Crippen LogP contribution in [0.4, 0.5) is 0 Å². The molecule has 0 N–H and O–H groups in total. The van der Waals surface area contributed by atoms with Crippen molar-refractivity contribution in [2.75, 3.05) is 20.8 Å². The molecule has 0 aromatic heterocycles. The fourth-order valence-corrected chi connectivity index (χ4v) is 1.38. The number of methoxy groups -OCH3 is 2. The Labute approximate surface area is 118 Å². The largest absolute Gasteiger partial charge is 0.468 e. The van der Waals surface area contributed by atoms with Gasteiger partial charge in [-0.1, -0.05) is 12.2 Å². The van der Waals surface area contributed by atoms with Gasteiger partial charge in [-0.25, -0.2) is 4.79 Å². The van der Waals surface area contributed by atoms with Crippen molar-refractivity contribution < 1.29 is 28.6 Å². The normalized spacial score (nSPS) is 11.6. The van der Waals surface area contributed by atoms with Crippen LogP contribution in [0.3, 0.4) is 0 Å². The first-order valence-corrected chi connectivity index (χ1v) is 6.13. The summed E-state index contributed by atoms with van der Waals surface area (Å²) in [6.07, 6.45) is 4.68. The highest BCUT2D eigenvalue weighted by molar-refractivity contribution is 5.95. The van der Waals surface area contributed by atoms with Gasteiger partial charge in [-0.05, 0) is 25.8 Å². The minimum Gasteiger partial charge on any atom is -0.468 e. The summed E-state index contributed by atoms with van der Waals surface area (Å²) in [5.74, 6) is -2.76. The third kappa shape index (κ3) is 6.72. The van der Waals surface area contributed by atoms with Crippen LogP contribution in [0.25, 0.3) is 0 Å². The molecule has 0 spiro atoms.